The predicted octanol–water partition coefficient (Wildman–Crippen LogP) is 4.29. The lowest BCUT2D eigenvalue weighted by Crippen LogP contribution is -2.49. The van der Waals surface area contributed by atoms with E-state index < -0.39 is 6.43 Å². The molecule has 4 aromatic rings. The molecule has 0 saturated carbocycles. The second kappa shape index (κ2) is 10.1. The Balaban J connectivity index is 1.31. The van der Waals surface area contributed by atoms with E-state index in [9.17, 15) is 13.6 Å². The molecule has 0 N–H and O–H groups in total. The molecule has 1 saturated heterocycles. The van der Waals surface area contributed by atoms with E-state index in [1.807, 2.05) is 18.2 Å². The van der Waals surface area contributed by atoms with Crippen molar-refractivity contribution < 1.29 is 22.7 Å². The lowest BCUT2D eigenvalue weighted by Gasteiger charge is -2.34. The summed E-state index contributed by atoms with van der Waals surface area (Å²) in [5, 5.41) is 4.67. The Labute approximate surface area is 207 Å². The third kappa shape index (κ3) is 4.81. The topological polar surface area (TPSA) is 76.6 Å². The van der Waals surface area contributed by atoms with E-state index in [0.29, 0.717) is 24.5 Å². The summed E-state index contributed by atoms with van der Waals surface area (Å²) in [6.45, 7) is 4.98. The van der Waals surface area contributed by atoms with Gasteiger partial charge in [0.05, 0.1) is 24.5 Å². The van der Waals surface area contributed by atoms with Crippen LogP contribution in [0.25, 0.3) is 22.5 Å². The van der Waals surface area contributed by atoms with Crippen LogP contribution in [-0.4, -0.2) is 63.8 Å². The number of fused-ring (bicyclic) bond motifs is 1. The molecule has 0 aliphatic carbocycles. The fraction of sp³-hybridized carbons (Fsp3) is 0.346. The Kier molecular flexibility index (Phi) is 6.69. The number of pyridine rings is 1. The molecule has 1 aromatic carbocycles. The summed E-state index contributed by atoms with van der Waals surface area (Å²) in [7, 11) is 1.65. The SMILES string of the molecule is COc1cccc(CN2CCN(C(=O)Cn3nc(C)c4c(C(F)F)cc(-c5ccco5)nc43)CC2)c1. The van der Waals surface area contributed by atoms with Crippen molar-refractivity contribution in [3.8, 4) is 17.2 Å². The number of methoxy groups -OCH3 is 1. The van der Waals surface area contributed by atoms with E-state index in [1.54, 1.807) is 31.1 Å². The van der Waals surface area contributed by atoms with Gasteiger partial charge >= 0.3 is 0 Å². The van der Waals surface area contributed by atoms with Gasteiger partial charge in [-0.05, 0) is 42.8 Å². The second-order valence-electron chi connectivity index (χ2n) is 8.82. The van der Waals surface area contributed by atoms with E-state index in [2.05, 4.69) is 21.0 Å². The predicted molar refractivity (Wildman–Crippen MR) is 130 cm³/mol. The van der Waals surface area contributed by atoms with Crippen molar-refractivity contribution in [2.24, 2.45) is 0 Å². The summed E-state index contributed by atoms with van der Waals surface area (Å²) in [5.74, 6) is 1.08. The number of rotatable bonds is 7. The Hall–Kier alpha value is -3.79. The number of aromatic nitrogens is 3. The molecule has 3 aromatic heterocycles. The van der Waals surface area contributed by atoms with Gasteiger partial charge in [-0.1, -0.05) is 12.1 Å². The van der Waals surface area contributed by atoms with Crippen molar-refractivity contribution in [1.82, 2.24) is 24.6 Å². The molecule has 0 radical (unpaired) electrons. The first-order chi connectivity index (χ1) is 17.4. The van der Waals surface area contributed by atoms with Gasteiger partial charge in [-0.3, -0.25) is 9.69 Å². The Morgan fingerprint density at radius 1 is 1.14 bits per heavy atom. The molecule has 5 rings (SSSR count). The molecule has 0 atom stereocenters. The van der Waals surface area contributed by atoms with Crippen LogP contribution in [0.1, 0.15) is 23.2 Å². The van der Waals surface area contributed by atoms with Gasteiger partial charge in [0, 0.05) is 38.3 Å². The molecule has 0 unspecified atom stereocenters. The van der Waals surface area contributed by atoms with Crippen LogP contribution in [0.2, 0.25) is 0 Å². The maximum absolute atomic E-state index is 13.9. The maximum atomic E-state index is 13.9. The lowest BCUT2D eigenvalue weighted by atomic mass is 10.1. The first-order valence-corrected chi connectivity index (χ1v) is 11.8. The quantitative estimate of drug-likeness (QED) is 0.381. The van der Waals surface area contributed by atoms with Gasteiger partial charge < -0.3 is 14.1 Å². The highest BCUT2D eigenvalue weighted by Crippen LogP contribution is 2.33. The van der Waals surface area contributed by atoms with Crippen LogP contribution in [0.4, 0.5) is 8.78 Å². The molecular formula is C26H27F2N5O3. The number of alkyl halides is 2. The summed E-state index contributed by atoms with van der Waals surface area (Å²) < 4.78 is 39.9. The second-order valence-corrected chi connectivity index (χ2v) is 8.82. The van der Waals surface area contributed by atoms with Gasteiger partial charge in [-0.2, -0.15) is 5.10 Å². The summed E-state index contributed by atoms with van der Waals surface area (Å²) in [6.07, 6.45) is -1.25. The van der Waals surface area contributed by atoms with Crippen LogP contribution in [0.3, 0.4) is 0 Å². The number of benzene rings is 1. The number of nitrogens with zero attached hydrogens (tertiary/aromatic N) is 5. The number of carbonyl (C=O) groups excluding carboxylic acids is 1. The highest BCUT2D eigenvalue weighted by molar-refractivity contribution is 5.86. The van der Waals surface area contributed by atoms with Crippen molar-refractivity contribution >= 4 is 16.9 Å². The van der Waals surface area contributed by atoms with E-state index >= 15 is 0 Å². The maximum Gasteiger partial charge on any atom is 0.264 e. The molecule has 0 bridgehead atoms. The molecule has 1 fully saturated rings. The van der Waals surface area contributed by atoms with Crippen molar-refractivity contribution in [2.45, 2.75) is 26.4 Å². The summed E-state index contributed by atoms with van der Waals surface area (Å²) >= 11 is 0. The van der Waals surface area contributed by atoms with Crippen molar-refractivity contribution in [1.29, 1.82) is 0 Å². The van der Waals surface area contributed by atoms with Gasteiger partial charge in [0.25, 0.3) is 6.43 Å². The smallest absolute Gasteiger partial charge is 0.264 e. The minimum Gasteiger partial charge on any atom is -0.497 e. The number of piperazine rings is 1. The average molecular weight is 496 g/mol. The van der Waals surface area contributed by atoms with Gasteiger partial charge in [0.1, 0.15) is 18.0 Å². The molecule has 36 heavy (non-hydrogen) atoms. The fourth-order valence-corrected chi connectivity index (χ4v) is 4.63. The van der Waals surface area contributed by atoms with Crippen molar-refractivity contribution in [2.75, 3.05) is 33.3 Å². The van der Waals surface area contributed by atoms with Crippen molar-refractivity contribution in [3.05, 3.63) is 65.5 Å². The number of aryl methyl sites for hydroxylation is 1. The third-order valence-electron chi connectivity index (χ3n) is 6.47. The average Bonchev–Trinajstić information content (AvgIpc) is 3.53. The first-order valence-electron chi connectivity index (χ1n) is 11.8. The molecule has 8 nitrogen and oxygen atoms in total. The molecule has 1 aliphatic heterocycles. The zero-order valence-corrected chi connectivity index (χ0v) is 20.2. The van der Waals surface area contributed by atoms with Crippen LogP contribution in [0, 0.1) is 6.92 Å². The monoisotopic (exact) mass is 495 g/mol. The summed E-state index contributed by atoms with van der Waals surface area (Å²) in [4.78, 5) is 21.8. The lowest BCUT2D eigenvalue weighted by molar-refractivity contribution is -0.133. The fourth-order valence-electron chi connectivity index (χ4n) is 4.63. The van der Waals surface area contributed by atoms with Crippen LogP contribution < -0.4 is 4.74 Å². The molecule has 10 heteroatoms. The third-order valence-corrected chi connectivity index (χ3v) is 6.47. The van der Waals surface area contributed by atoms with Crippen LogP contribution in [0.5, 0.6) is 5.75 Å². The van der Waals surface area contributed by atoms with Crippen molar-refractivity contribution in [3.63, 3.8) is 0 Å². The Morgan fingerprint density at radius 2 is 1.94 bits per heavy atom. The van der Waals surface area contributed by atoms with E-state index in [0.717, 1.165) is 30.9 Å². The molecule has 1 aliphatic rings. The Morgan fingerprint density at radius 3 is 2.64 bits per heavy atom. The molecule has 0 spiro atoms. The van der Waals surface area contributed by atoms with Crippen LogP contribution >= 0.6 is 0 Å². The highest BCUT2D eigenvalue weighted by Gasteiger charge is 2.25. The normalized spacial score (nSPS) is 14.6. The molecular weight excluding hydrogens is 468 g/mol. The molecule has 1 amide bonds. The highest BCUT2D eigenvalue weighted by atomic mass is 19.3. The largest absolute Gasteiger partial charge is 0.497 e. The zero-order chi connectivity index (χ0) is 25.2. The summed E-state index contributed by atoms with van der Waals surface area (Å²) in [5.41, 5.74) is 1.92. The Bertz CT molecular complexity index is 1360. The van der Waals surface area contributed by atoms with E-state index in [4.69, 9.17) is 9.15 Å². The molecule has 4 heterocycles. The van der Waals surface area contributed by atoms with Gasteiger partial charge in [0.2, 0.25) is 5.91 Å². The van der Waals surface area contributed by atoms with Crippen LogP contribution in [0.15, 0.2) is 53.1 Å². The van der Waals surface area contributed by atoms with Gasteiger partial charge in [0.15, 0.2) is 11.4 Å². The van der Waals surface area contributed by atoms with Crippen LogP contribution in [-0.2, 0) is 17.9 Å². The number of ether oxygens (including phenoxy) is 1. The standard InChI is InChI=1S/C26H27F2N5O3/c1-17-24-20(25(27)28)14-21(22-7-4-12-36-22)29-26(24)33(30-17)16-23(34)32-10-8-31(9-11-32)15-18-5-3-6-19(13-18)35-2/h3-7,12-14,25H,8-11,15-16H2,1-2H3. The molecule has 188 valence electrons. The number of amides is 1. The first kappa shape index (κ1) is 23.9. The van der Waals surface area contributed by atoms with Gasteiger partial charge in [-0.15, -0.1) is 0 Å². The zero-order valence-electron chi connectivity index (χ0n) is 20.2. The number of hydrogen-bond acceptors (Lipinski definition) is 6. The summed E-state index contributed by atoms with van der Waals surface area (Å²) in [6, 6.07) is 12.6. The number of halogens is 2. The number of hydrogen-bond donors (Lipinski definition) is 0. The van der Waals surface area contributed by atoms with Gasteiger partial charge in [-0.25, -0.2) is 18.4 Å². The van der Waals surface area contributed by atoms with E-state index in [1.165, 1.54) is 17.0 Å². The number of carbonyl (C=O) groups is 1. The minimum absolute atomic E-state index is 0.0719. The minimum atomic E-state index is -2.71. The van der Waals surface area contributed by atoms with E-state index in [-0.39, 0.29) is 34.7 Å². The number of furan rings is 1.